The van der Waals surface area contributed by atoms with Crippen LogP contribution in [0.3, 0.4) is 0 Å². The van der Waals surface area contributed by atoms with Crippen molar-refractivity contribution in [3.05, 3.63) is 90.0 Å². The minimum atomic E-state index is -0.200. The minimum Gasteiger partial charge on any atom is -0.264 e. The Hall–Kier alpha value is -2.74. The Morgan fingerprint density at radius 1 is 0.818 bits per heavy atom. The minimum absolute atomic E-state index is 0.200. The van der Waals surface area contributed by atoms with Gasteiger partial charge in [0.1, 0.15) is 5.82 Å². The molecule has 0 bridgehead atoms. The van der Waals surface area contributed by atoms with Gasteiger partial charge in [-0.05, 0) is 51.9 Å². The summed E-state index contributed by atoms with van der Waals surface area (Å²) in [6, 6.07) is 19.4. The Morgan fingerprint density at radius 2 is 1.64 bits per heavy atom. The molecule has 3 aromatic carbocycles. The van der Waals surface area contributed by atoms with Gasteiger partial charge in [0, 0.05) is 17.8 Å². The maximum Gasteiger partial charge on any atom is 0.123 e. The SMILES string of the molecule is Fc1ccc(Cc2cc3ccccc3c3ccncc23)cc1. The molecule has 0 aliphatic heterocycles. The van der Waals surface area contributed by atoms with Crippen LogP contribution >= 0.6 is 0 Å². The van der Waals surface area contributed by atoms with Gasteiger partial charge < -0.3 is 0 Å². The van der Waals surface area contributed by atoms with Crippen LogP contribution in [-0.4, -0.2) is 4.98 Å². The van der Waals surface area contributed by atoms with Crippen LogP contribution in [0.4, 0.5) is 4.39 Å². The quantitative estimate of drug-likeness (QED) is 0.466. The van der Waals surface area contributed by atoms with Crippen molar-refractivity contribution >= 4 is 21.5 Å². The van der Waals surface area contributed by atoms with E-state index in [1.54, 1.807) is 0 Å². The first-order valence-electron chi connectivity index (χ1n) is 7.30. The van der Waals surface area contributed by atoms with Crippen LogP contribution < -0.4 is 0 Å². The Balaban J connectivity index is 1.93. The van der Waals surface area contributed by atoms with E-state index in [2.05, 4.69) is 41.4 Å². The van der Waals surface area contributed by atoms with Crippen LogP contribution in [0.25, 0.3) is 21.5 Å². The fourth-order valence-electron chi connectivity index (χ4n) is 2.99. The number of halogens is 1. The van der Waals surface area contributed by atoms with Gasteiger partial charge in [0.25, 0.3) is 0 Å². The molecule has 0 radical (unpaired) electrons. The van der Waals surface area contributed by atoms with Crippen LogP contribution in [0.2, 0.25) is 0 Å². The van der Waals surface area contributed by atoms with Gasteiger partial charge >= 0.3 is 0 Å². The largest absolute Gasteiger partial charge is 0.264 e. The maximum absolute atomic E-state index is 13.1. The first kappa shape index (κ1) is 13.0. The monoisotopic (exact) mass is 287 g/mol. The third-order valence-electron chi connectivity index (χ3n) is 4.06. The van der Waals surface area contributed by atoms with Gasteiger partial charge in [0.15, 0.2) is 0 Å². The van der Waals surface area contributed by atoms with Crippen molar-refractivity contribution in [1.29, 1.82) is 0 Å². The Bertz CT molecular complexity index is 958. The van der Waals surface area contributed by atoms with Crippen molar-refractivity contribution in [3.8, 4) is 0 Å². The normalized spacial score (nSPS) is 11.1. The molecule has 0 aliphatic carbocycles. The van der Waals surface area contributed by atoms with E-state index in [9.17, 15) is 4.39 Å². The third kappa shape index (κ3) is 2.23. The molecule has 2 heteroatoms. The highest BCUT2D eigenvalue weighted by Crippen LogP contribution is 2.29. The summed E-state index contributed by atoms with van der Waals surface area (Å²) >= 11 is 0. The smallest absolute Gasteiger partial charge is 0.123 e. The first-order valence-corrected chi connectivity index (χ1v) is 7.30. The summed E-state index contributed by atoms with van der Waals surface area (Å²) in [4.78, 5) is 4.28. The van der Waals surface area contributed by atoms with Crippen molar-refractivity contribution in [2.75, 3.05) is 0 Å². The van der Waals surface area contributed by atoms with Gasteiger partial charge in [-0.2, -0.15) is 0 Å². The molecule has 0 spiro atoms. The number of aromatic nitrogens is 1. The Kier molecular flexibility index (Phi) is 3.08. The molecule has 0 amide bonds. The van der Waals surface area contributed by atoms with Gasteiger partial charge in [0.2, 0.25) is 0 Å². The molecule has 0 unspecified atom stereocenters. The molecule has 4 aromatic rings. The average Bonchev–Trinajstić information content (AvgIpc) is 2.57. The molecule has 4 rings (SSSR count). The van der Waals surface area contributed by atoms with Gasteiger partial charge in [-0.15, -0.1) is 0 Å². The van der Waals surface area contributed by atoms with E-state index in [4.69, 9.17) is 0 Å². The summed E-state index contributed by atoms with van der Waals surface area (Å²) in [5.41, 5.74) is 2.32. The topological polar surface area (TPSA) is 12.9 Å². The van der Waals surface area contributed by atoms with Crippen molar-refractivity contribution < 1.29 is 4.39 Å². The zero-order valence-corrected chi connectivity index (χ0v) is 12.0. The van der Waals surface area contributed by atoms with Crippen LogP contribution in [0.1, 0.15) is 11.1 Å². The number of fused-ring (bicyclic) bond motifs is 3. The molecule has 0 saturated carbocycles. The second kappa shape index (κ2) is 5.23. The molecule has 0 atom stereocenters. The molecule has 1 aromatic heterocycles. The van der Waals surface area contributed by atoms with E-state index in [1.165, 1.54) is 33.9 Å². The average molecular weight is 287 g/mol. The van der Waals surface area contributed by atoms with Crippen molar-refractivity contribution in [3.63, 3.8) is 0 Å². The Labute approximate surface area is 128 Å². The predicted octanol–water partition coefficient (Wildman–Crippen LogP) is 5.12. The summed E-state index contributed by atoms with van der Waals surface area (Å²) in [5, 5.41) is 4.83. The van der Waals surface area contributed by atoms with Gasteiger partial charge in [-0.25, -0.2) is 4.39 Å². The molecule has 0 saturated heterocycles. The van der Waals surface area contributed by atoms with Gasteiger partial charge in [-0.1, -0.05) is 42.5 Å². The highest BCUT2D eigenvalue weighted by Gasteiger charge is 2.07. The second-order valence-electron chi connectivity index (χ2n) is 5.48. The third-order valence-corrected chi connectivity index (χ3v) is 4.06. The molecule has 106 valence electrons. The summed E-state index contributed by atoms with van der Waals surface area (Å²) < 4.78 is 13.1. The zero-order valence-electron chi connectivity index (χ0n) is 12.0. The highest BCUT2D eigenvalue weighted by atomic mass is 19.1. The fourth-order valence-corrected chi connectivity index (χ4v) is 2.99. The van der Waals surface area contributed by atoms with E-state index >= 15 is 0 Å². The number of rotatable bonds is 2. The maximum atomic E-state index is 13.1. The predicted molar refractivity (Wildman–Crippen MR) is 88.5 cm³/mol. The van der Waals surface area contributed by atoms with Crippen molar-refractivity contribution in [2.45, 2.75) is 6.42 Å². The van der Waals surface area contributed by atoms with Gasteiger partial charge in [0.05, 0.1) is 0 Å². The Morgan fingerprint density at radius 3 is 2.50 bits per heavy atom. The molecule has 0 aliphatic rings. The highest BCUT2D eigenvalue weighted by molar-refractivity contribution is 6.08. The first-order chi connectivity index (χ1) is 10.8. The van der Waals surface area contributed by atoms with E-state index in [0.29, 0.717) is 0 Å². The molecular formula is C20H14FN. The lowest BCUT2D eigenvalue weighted by Gasteiger charge is -2.10. The molecule has 0 N–H and O–H groups in total. The number of hydrogen-bond donors (Lipinski definition) is 0. The van der Waals surface area contributed by atoms with E-state index < -0.39 is 0 Å². The standard InChI is InChI=1S/C20H14FN/c21-17-7-5-14(6-8-17)11-16-12-15-3-1-2-4-18(15)19-9-10-22-13-20(16)19/h1-10,12-13H,11H2. The van der Waals surface area contributed by atoms with E-state index in [1.807, 2.05) is 24.5 Å². The van der Waals surface area contributed by atoms with Crippen LogP contribution in [0.15, 0.2) is 73.1 Å². The molecule has 0 fully saturated rings. The van der Waals surface area contributed by atoms with Crippen molar-refractivity contribution in [1.82, 2.24) is 4.98 Å². The summed E-state index contributed by atoms with van der Waals surface area (Å²) in [6.07, 6.45) is 4.52. The number of nitrogens with zero attached hydrogens (tertiary/aromatic N) is 1. The number of benzene rings is 3. The zero-order chi connectivity index (χ0) is 14.9. The molecule has 1 nitrogen and oxygen atoms in total. The summed E-state index contributed by atoms with van der Waals surface area (Å²) in [5.74, 6) is -0.200. The fraction of sp³-hybridized carbons (Fsp3) is 0.0500. The van der Waals surface area contributed by atoms with Gasteiger partial charge in [-0.3, -0.25) is 4.98 Å². The number of pyridine rings is 1. The summed E-state index contributed by atoms with van der Waals surface area (Å²) in [6.45, 7) is 0. The lowest BCUT2D eigenvalue weighted by Crippen LogP contribution is -1.92. The van der Waals surface area contributed by atoms with Crippen molar-refractivity contribution in [2.24, 2.45) is 0 Å². The van der Waals surface area contributed by atoms with E-state index in [0.717, 1.165) is 17.4 Å². The van der Waals surface area contributed by atoms with Crippen LogP contribution in [0.5, 0.6) is 0 Å². The molecule has 1 heterocycles. The second-order valence-corrected chi connectivity index (χ2v) is 5.48. The lowest BCUT2D eigenvalue weighted by molar-refractivity contribution is 0.627. The molecular weight excluding hydrogens is 273 g/mol. The van der Waals surface area contributed by atoms with Crippen LogP contribution in [0, 0.1) is 5.82 Å². The van der Waals surface area contributed by atoms with Crippen LogP contribution in [-0.2, 0) is 6.42 Å². The number of hydrogen-bond acceptors (Lipinski definition) is 1. The molecule has 22 heavy (non-hydrogen) atoms. The summed E-state index contributed by atoms with van der Waals surface area (Å²) in [7, 11) is 0. The lowest BCUT2D eigenvalue weighted by atomic mass is 9.95. The van der Waals surface area contributed by atoms with E-state index in [-0.39, 0.29) is 5.82 Å².